The van der Waals surface area contributed by atoms with Crippen LogP contribution in [0.3, 0.4) is 0 Å². The van der Waals surface area contributed by atoms with E-state index >= 15 is 0 Å². The molecule has 66 valence electrons. The molecule has 4 nitrogen and oxygen atoms in total. The van der Waals surface area contributed by atoms with Gasteiger partial charge in [-0.2, -0.15) is 0 Å². The minimum Gasteiger partial charge on any atom is -0.481 e. The summed E-state index contributed by atoms with van der Waals surface area (Å²) in [6, 6.07) is -0.0394. The molecule has 0 bridgehead atoms. The highest BCUT2D eigenvalue weighted by molar-refractivity contribution is 5.70. The van der Waals surface area contributed by atoms with E-state index in [9.17, 15) is 4.79 Å². The number of carboxylic acid groups (broad SMARTS) is 1. The summed E-state index contributed by atoms with van der Waals surface area (Å²) in [5.74, 6) is -1.13. The normalized spacial score (nSPS) is 16.5. The molecule has 0 aromatic rings. The number of carbonyl (C=O) groups is 1. The van der Waals surface area contributed by atoms with Gasteiger partial charge in [-0.25, -0.2) is 0 Å². The summed E-state index contributed by atoms with van der Waals surface area (Å²) in [5, 5.41) is 10.4. The summed E-state index contributed by atoms with van der Waals surface area (Å²) in [4.78, 5) is 10.5. The Morgan fingerprint density at radius 2 is 1.91 bits per heavy atom. The van der Waals surface area contributed by atoms with Crippen LogP contribution < -0.4 is 5.43 Å². The van der Waals surface area contributed by atoms with E-state index in [1.54, 1.807) is 11.9 Å². The summed E-state index contributed by atoms with van der Waals surface area (Å²) < 4.78 is 0. The van der Waals surface area contributed by atoms with Gasteiger partial charge in [0.05, 0.1) is 5.92 Å². The lowest BCUT2D eigenvalue weighted by Crippen LogP contribution is -2.43. The van der Waals surface area contributed by atoms with Crippen LogP contribution in [0.15, 0.2) is 0 Å². The minimum atomic E-state index is -0.771. The fourth-order valence-electron chi connectivity index (χ4n) is 0.733. The van der Waals surface area contributed by atoms with Crippen LogP contribution in [0.5, 0.6) is 0 Å². The Labute approximate surface area is 67.2 Å². The van der Waals surface area contributed by atoms with Gasteiger partial charge in [-0.3, -0.25) is 15.2 Å². The Morgan fingerprint density at radius 3 is 2.18 bits per heavy atom. The molecule has 2 unspecified atom stereocenters. The van der Waals surface area contributed by atoms with E-state index in [-0.39, 0.29) is 12.0 Å². The fraction of sp³-hybridized carbons (Fsp3) is 0.857. The molecule has 11 heavy (non-hydrogen) atoms. The molecule has 0 amide bonds. The van der Waals surface area contributed by atoms with Crippen molar-refractivity contribution in [2.24, 2.45) is 5.92 Å². The summed E-state index contributed by atoms with van der Waals surface area (Å²) in [6.07, 6.45) is 0. The predicted octanol–water partition coefficient (Wildman–Crippen LogP) is 0.162. The molecule has 0 saturated carbocycles. The number of hydrogen-bond acceptors (Lipinski definition) is 3. The number of nitrogens with one attached hydrogen (secondary N) is 1. The van der Waals surface area contributed by atoms with Gasteiger partial charge in [-0.05, 0) is 6.92 Å². The minimum absolute atomic E-state index is 0.0394. The second-order valence-electron chi connectivity index (χ2n) is 2.94. The standard InChI is InChI=1S/C7H16N2O2/c1-5(7(10)11)6(2)8-9(3)4/h5-6,8H,1-4H3,(H,10,11). The maximum atomic E-state index is 10.5. The van der Waals surface area contributed by atoms with Gasteiger partial charge in [0.15, 0.2) is 0 Å². The zero-order chi connectivity index (χ0) is 9.02. The van der Waals surface area contributed by atoms with Gasteiger partial charge in [0, 0.05) is 20.1 Å². The molecule has 2 atom stereocenters. The summed E-state index contributed by atoms with van der Waals surface area (Å²) in [7, 11) is 3.68. The molecule has 0 fully saturated rings. The molecule has 0 radical (unpaired) electrons. The molecule has 0 aliphatic rings. The van der Waals surface area contributed by atoms with Crippen molar-refractivity contribution in [1.29, 1.82) is 0 Å². The van der Waals surface area contributed by atoms with Gasteiger partial charge in [0.25, 0.3) is 0 Å². The Kier molecular flexibility index (Phi) is 4.07. The van der Waals surface area contributed by atoms with Gasteiger partial charge in [0.2, 0.25) is 0 Å². The van der Waals surface area contributed by atoms with Crippen LogP contribution in [0.4, 0.5) is 0 Å². The maximum absolute atomic E-state index is 10.5. The van der Waals surface area contributed by atoms with Gasteiger partial charge < -0.3 is 5.11 Å². The van der Waals surface area contributed by atoms with E-state index < -0.39 is 5.97 Å². The van der Waals surface area contributed by atoms with Gasteiger partial charge in [-0.1, -0.05) is 6.92 Å². The van der Waals surface area contributed by atoms with E-state index in [4.69, 9.17) is 5.11 Å². The van der Waals surface area contributed by atoms with Crippen molar-refractivity contribution in [3.8, 4) is 0 Å². The van der Waals surface area contributed by atoms with Crippen LogP contribution in [0, 0.1) is 5.92 Å². The lowest BCUT2D eigenvalue weighted by molar-refractivity contribution is -0.142. The van der Waals surface area contributed by atoms with Crippen LogP contribution in [-0.4, -0.2) is 36.2 Å². The topological polar surface area (TPSA) is 52.6 Å². The Hall–Kier alpha value is -0.610. The van der Waals surface area contributed by atoms with E-state index in [1.165, 1.54) is 0 Å². The number of rotatable bonds is 4. The summed E-state index contributed by atoms with van der Waals surface area (Å²) in [5.41, 5.74) is 2.98. The van der Waals surface area contributed by atoms with Crippen LogP contribution in [0.2, 0.25) is 0 Å². The van der Waals surface area contributed by atoms with Gasteiger partial charge >= 0.3 is 5.97 Å². The lowest BCUT2D eigenvalue weighted by Gasteiger charge is -2.21. The maximum Gasteiger partial charge on any atom is 0.307 e. The van der Waals surface area contributed by atoms with Crippen molar-refractivity contribution < 1.29 is 9.90 Å². The average molecular weight is 160 g/mol. The third-order valence-electron chi connectivity index (χ3n) is 1.60. The smallest absolute Gasteiger partial charge is 0.307 e. The van der Waals surface area contributed by atoms with Crippen molar-refractivity contribution >= 4 is 5.97 Å². The largest absolute Gasteiger partial charge is 0.481 e. The first-order valence-corrected chi connectivity index (χ1v) is 3.61. The molecular formula is C7H16N2O2. The van der Waals surface area contributed by atoms with Crippen molar-refractivity contribution in [2.45, 2.75) is 19.9 Å². The van der Waals surface area contributed by atoms with Crippen LogP contribution in [0.25, 0.3) is 0 Å². The second-order valence-corrected chi connectivity index (χ2v) is 2.94. The Balaban J connectivity index is 3.82. The molecule has 0 aromatic heterocycles. The first-order chi connectivity index (χ1) is 4.95. The monoisotopic (exact) mass is 160 g/mol. The average Bonchev–Trinajstić information content (AvgIpc) is 1.84. The second kappa shape index (κ2) is 4.31. The van der Waals surface area contributed by atoms with E-state index in [2.05, 4.69) is 5.43 Å². The predicted molar refractivity (Wildman–Crippen MR) is 43.1 cm³/mol. The van der Waals surface area contributed by atoms with Crippen LogP contribution in [0.1, 0.15) is 13.8 Å². The van der Waals surface area contributed by atoms with Gasteiger partial charge in [-0.15, -0.1) is 0 Å². The van der Waals surface area contributed by atoms with Crippen molar-refractivity contribution in [1.82, 2.24) is 10.4 Å². The number of hydrogen-bond donors (Lipinski definition) is 2. The quantitative estimate of drug-likeness (QED) is 0.575. The molecule has 4 heteroatoms. The number of aliphatic carboxylic acids is 1. The van der Waals surface area contributed by atoms with E-state index in [1.807, 2.05) is 21.0 Å². The summed E-state index contributed by atoms with van der Waals surface area (Å²) in [6.45, 7) is 3.53. The molecule has 0 aliphatic heterocycles. The molecular weight excluding hydrogens is 144 g/mol. The molecule has 0 aliphatic carbocycles. The molecule has 2 N–H and O–H groups in total. The first kappa shape index (κ1) is 10.4. The zero-order valence-corrected chi connectivity index (χ0v) is 7.46. The first-order valence-electron chi connectivity index (χ1n) is 3.61. The van der Waals surface area contributed by atoms with E-state index in [0.717, 1.165) is 0 Å². The van der Waals surface area contributed by atoms with Crippen molar-refractivity contribution in [2.75, 3.05) is 14.1 Å². The number of hydrazine groups is 1. The third kappa shape index (κ3) is 3.95. The van der Waals surface area contributed by atoms with E-state index in [0.29, 0.717) is 0 Å². The molecule has 0 heterocycles. The Morgan fingerprint density at radius 1 is 1.45 bits per heavy atom. The highest BCUT2D eigenvalue weighted by atomic mass is 16.4. The highest BCUT2D eigenvalue weighted by Crippen LogP contribution is 2.01. The summed E-state index contributed by atoms with van der Waals surface area (Å²) >= 11 is 0. The molecule has 0 spiro atoms. The number of nitrogens with zero attached hydrogens (tertiary/aromatic N) is 1. The highest BCUT2D eigenvalue weighted by Gasteiger charge is 2.18. The SMILES string of the molecule is CC(NN(C)C)C(C)C(=O)O. The molecule has 0 saturated heterocycles. The van der Waals surface area contributed by atoms with Crippen LogP contribution >= 0.6 is 0 Å². The third-order valence-corrected chi connectivity index (χ3v) is 1.60. The number of carboxylic acids is 1. The Bertz CT molecular complexity index is 136. The van der Waals surface area contributed by atoms with Gasteiger partial charge in [0.1, 0.15) is 0 Å². The molecule has 0 aromatic carbocycles. The van der Waals surface area contributed by atoms with Crippen molar-refractivity contribution in [3.63, 3.8) is 0 Å². The van der Waals surface area contributed by atoms with Crippen molar-refractivity contribution in [3.05, 3.63) is 0 Å². The zero-order valence-electron chi connectivity index (χ0n) is 7.46. The fourth-order valence-corrected chi connectivity index (χ4v) is 0.733. The molecule has 0 rings (SSSR count). The van der Waals surface area contributed by atoms with Crippen LogP contribution in [-0.2, 0) is 4.79 Å². The lowest BCUT2D eigenvalue weighted by atomic mass is 10.1.